The molecule has 92 valence electrons. The lowest BCUT2D eigenvalue weighted by Gasteiger charge is -2.49. The van der Waals surface area contributed by atoms with Crippen LogP contribution >= 0.6 is 0 Å². The molecule has 16 heavy (non-hydrogen) atoms. The first-order chi connectivity index (χ1) is 7.78. The first-order valence-electron chi connectivity index (χ1n) is 6.55. The molecular formula is C12H23N3O. The molecule has 0 radical (unpaired) electrons. The highest BCUT2D eigenvalue weighted by Crippen LogP contribution is 2.34. The van der Waals surface area contributed by atoms with Crippen LogP contribution in [-0.2, 0) is 0 Å². The topological polar surface area (TPSA) is 44.4 Å². The van der Waals surface area contributed by atoms with Gasteiger partial charge in [-0.25, -0.2) is 4.79 Å². The van der Waals surface area contributed by atoms with Crippen LogP contribution in [-0.4, -0.2) is 42.6 Å². The molecule has 0 unspecified atom stereocenters. The predicted octanol–water partition coefficient (Wildman–Crippen LogP) is 1.32. The minimum Gasteiger partial charge on any atom is -0.338 e. The third-order valence-electron chi connectivity index (χ3n) is 3.90. The molecule has 0 atom stereocenters. The number of nitrogens with one attached hydrogen (secondary N) is 2. The van der Waals surface area contributed by atoms with E-state index in [-0.39, 0.29) is 11.6 Å². The zero-order chi connectivity index (χ0) is 11.4. The van der Waals surface area contributed by atoms with E-state index in [4.69, 9.17) is 0 Å². The number of nitrogens with zero attached hydrogens (tertiary/aromatic N) is 1. The Morgan fingerprint density at radius 2 is 2.12 bits per heavy atom. The van der Waals surface area contributed by atoms with Crippen molar-refractivity contribution in [2.75, 3.05) is 26.2 Å². The Morgan fingerprint density at radius 3 is 2.81 bits per heavy atom. The summed E-state index contributed by atoms with van der Waals surface area (Å²) in [5, 5.41) is 6.40. The van der Waals surface area contributed by atoms with Gasteiger partial charge in [0.05, 0.1) is 5.54 Å². The normalized spacial score (nSPS) is 24.4. The third kappa shape index (κ3) is 2.17. The summed E-state index contributed by atoms with van der Waals surface area (Å²) < 4.78 is 0. The van der Waals surface area contributed by atoms with Crippen LogP contribution in [0.3, 0.4) is 0 Å². The molecule has 1 heterocycles. The van der Waals surface area contributed by atoms with Gasteiger partial charge in [-0.15, -0.1) is 0 Å². The van der Waals surface area contributed by atoms with Gasteiger partial charge in [0, 0.05) is 26.2 Å². The molecule has 1 aliphatic heterocycles. The van der Waals surface area contributed by atoms with Crippen LogP contribution in [0, 0.1) is 0 Å². The second-order valence-electron chi connectivity index (χ2n) is 4.95. The molecule has 1 spiro atoms. The zero-order valence-electron chi connectivity index (χ0n) is 10.2. The maximum absolute atomic E-state index is 12.1. The van der Waals surface area contributed by atoms with Gasteiger partial charge in [0.2, 0.25) is 0 Å². The molecule has 0 aromatic heterocycles. The number of urea groups is 1. The highest BCUT2D eigenvalue weighted by atomic mass is 16.2. The van der Waals surface area contributed by atoms with Crippen LogP contribution in [0.1, 0.15) is 39.0 Å². The standard InChI is InChI=1S/C12H23N3O/c1-2-14-11(16)15-9-8-13-10-12(15)6-4-3-5-7-12/h13H,2-10H2,1H3,(H,14,16). The molecule has 4 heteroatoms. The number of hydrogen-bond donors (Lipinski definition) is 2. The van der Waals surface area contributed by atoms with Gasteiger partial charge in [-0.2, -0.15) is 0 Å². The summed E-state index contributed by atoms with van der Waals surface area (Å²) in [4.78, 5) is 14.1. The Hall–Kier alpha value is -0.770. The van der Waals surface area contributed by atoms with Gasteiger partial charge in [-0.05, 0) is 19.8 Å². The molecule has 4 nitrogen and oxygen atoms in total. The van der Waals surface area contributed by atoms with Crippen molar-refractivity contribution in [2.24, 2.45) is 0 Å². The maximum Gasteiger partial charge on any atom is 0.317 e. The number of piperazine rings is 1. The minimum atomic E-state index is 0.107. The quantitative estimate of drug-likeness (QED) is 0.707. The Balaban J connectivity index is 2.09. The molecule has 0 aromatic rings. The van der Waals surface area contributed by atoms with Gasteiger partial charge < -0.3 is 15.5 Å². The van der Waals surface area contributed by atoms with Crippen LogP contribution in [0.25, 0.3) is 0 Å². The van der Waals surface area contributed by atoms with E-state index in [1.165, 1.54) is 19.3 Å². The molecule has 0 aromatic carbocycles. The van der Waals surface area contributed by atoms with E-state index >= 15 is 0 Å². The van der Waals surface area contributed by atoms with E-state index < -0.39 is 0 Å². The number of carbonyl (C=O) groups is 1. The smallest absolute Gasteiger partial charge is 0.317 e. The third-order valence-corrected chi connectivity index (χ3v) is 3.90. The van der Waals surface area contributed by atoms with Crippen LogP contribution in [0.2, 0.25) is 0 Å². The van der Waals surface area contributed by atoms with Crippen molar-refractivity contribution < 1.29 is 4.79 Å². The van der Waals surface area contributed by atoms with Crippen molar-refractivity contribution in [3.63, 3.8) is 0 Å². The SMILES string of the molecule is CCNC(=O)N1CCNCC12CCCCC2. The van der Waals surface area contributed by atoms with Gasteiger partial charge in [0.1, 0.15) is 0 Å². The number of rotatable bonds is 1. The lowest BCUT2D eigenvalue weighted by molar-refractivity contribution is 0.0573. The number of amides is 2. The van der Waals surface area contributed by atoms with Gasteiger partial charge >= 0.3 is 6.03 Å². The van der Waals surface area contributed by atoms with E-state index in [9.17, 15) is 4.79 Å². The highest BCUT2D eigenvalue weighted by molar-refractivity contribution is 5.75. The van der Waals surface area contributed by atoms with Crippen molar-refractivity contribution in [1.29, 1.82) is 0 Å². The average molecular weight is 225 g/mol. The molecule has 1 aliphatic carbocycles. The van der Waals surface area contributed by atoms with E-state index in [0.717, 1.165) is 39.0 Å². The van der Waals surface area contributed by atoms with Crippen molar-refractivity contribution in [3.05, 3.63) is 0 Å². The van der Waals surface area contributed by atoms with E-state index in [1.54, 1.807) is 0 Å². The lowest BCUT2D eigenvalue weighted by atomic mass is 9.79. The summed E-state index contributed by atoms with van der Waals surface area (Å²) in [6, 6.07) is 0.130. The largest absolute Gasteiger partial charge is 0.338 e. The second kappa shape index (κ2) is 5.04. The molecule has 2 amide bonds. The Bertz CT molecular complexity index is 240. The summed E-state index contributed by atoms with van der Waals surface area (Å²) in [5.41, 5.74) is 0.107. The molecule has 2 aliphatic rings. The van der Waals surface area contributed by atoms with Gasteiger partial charge in [0.25, 0.3) is 0 Å². The lowest BCUT2D eigenvalue weighted by Crippen LogP contribution is -2.65. The van der Waals surface area contributed by atoms with E-state index in [1.807, 2.05) is 6.92 Å². The van der Waals surface area contributed by atoms with Crippen molar-refractivity contribution in [1.82, 2.24) is 15.5 Å². The summed E-state index contributed by atoms with van der Waals surface area (Å²) in [6.45, 7) is 5.46. The fourth-order valence-electron chi connectivity index (χ4n) is 3.06. The van der Waals surface area contributed by atoms with Gasteiger partial charge in [0.15, 0.2) is 0 Å². The fourth-order valence-corrected chi connectivity index (χ4v) is 3.06. The van der Waals surface area contributed by atoms with Crippen LogP contribution in [0.15, 0.2) is 0 Å². The van der Waals surface area contributed by atoms with Crippen molar-refractivity contribution >= 4 is 6.03 Å². The highest BCUT2D eigenvalue weighted by Gasteiger charge is 2.41. The monoisotopic (exact) mass is 225 g/mol. The van der Waals surface area contributed by atoms with Crippen LogP contribution < -0.4 is 10.6 Å². The first kappa shape index (κ1) is 11.7. The zero-order valence-corrected chi connectivity index (χ0v) is 10.2. The summed E-state index contributed by atoms with van der Waals surface area (Å²) >= 11 is 0. The van der Waals surface area contributed by atoms with Crippen LogP contribution in [0.4, 0.5) is 4.79 Å². The molecule has 0 bridgehead atoms. The predicted molar refractivity (Wildman–Crippen MR) is 64.5 cm³/mol. The molecule has 1 saturated carbocycles. The Morgan fingerprint density at radius 1 is 1.38 bits per heavy atom. The van der Waals surface area contributed by atoms with Crippen molar-refractivity contribution in [2.45, 2.75) is 44.6 Å². The molecule has 1 saturated heterocycles. The minimum absolute atomic E-state index is 0.107. The fraction of sp³-hybridized carbons (Fsp3) is 0.917. The maximum atomic E-state index is 12.1. The molecule has 2 rings (SSSR count). The van der Waals surface area contributed by atoms with Crippen LogP contribution in [0.5, 0.6) is 0 Å². The molecule has 2 N–H and O–H groups in total. The summed E-state index contributed by atoms with van der Waals surface area (Å²) in [6.07, 6.45) is 6.18. The van der Waals surface area contributed by atoms with E-state index in [2.05, 4.69) is 15.5 Å². The number of hydrogen-bond acceptors (Lipinski definition) is 2. The average Bonchev–Trinajstić information content (AvgIpc) is 2.31. The second-order valence-corrected chi connectivity index (χ2v) is 4.95. The summed E-state index contributed by atoms with van der Waals surface area (Å²) in [5.74, 6) is 0. The molecular weight excluding hydrogens is 202 g/mol. The molecule has 2 fully saturated rings. The van der Waals surface area contributed by atoms with Gasteiger partial charge in [-0.3, -0.25) is 0 Å². The number of carbonyl (C=O) groups excluding carboxylic acids is 1. The van der Waals surface area contributed by atoms with Gasteiger partial charge in [-0.1, -0.05) is 19.3 Å². The van der Waals surface area contributed by atoms with E-state index in [0.29, 0.717) is 0 Å². The first-order valence-corrected chi connectivity index (χ1v) is 6.55. The summed E-state index contributed by atoms with van der Waals surface area (Å²) in [7, 11) is 0. The van der Waals surface area contributed by atoms with Crippen molar-refractivity contribution in [3.8, 4) is 0 Å². The Labute approximate surface area is 97.8 Å². The Kier molecular flexibility index (Phi) is 3.69.